The topological polar surface area (TPSA) is 68.1 Å². The molecule has 0 aliphatic rings. The smallest absolute Gasteiger partial charge is 0.272 e. The van der Waals surface area contributed by atoms with E-state index >= 15 is 0 Å². The van der Waals surface area contributed by atoms with E-state index in [2.05, 4.69) is 10.3 Å². The molecule has 0 radical (unpaired) electrons. The molecular weight excluding hydrogens is 254 g/mol. The van der Waals surface area contributed by atoms with Gasteiger partial charge in [0.05, 0.1) is 4.92 Å². The number of benzene rings is 1. The van der Waals surface area contributed by atoms with E-state index in [1.54, 1.807) is 19.2 Å². The van der Waals surface area contributed by atoms with Crippen LogP contribution in [0.4, 0.5) is 5.69 Å². The van der Waals surface area contributed by atoms with Crippen LogP contribution in [0.1, 0.15) is 29.7 Å². The summed E-state index contributed by atoms with van der Waals surface area (Å²) >= 11 is 0. The van der Waals surface area contributed by atoms with Crippen LogP contribution >= 0.6 is 0 Å². The summed E-state index contributed by atoms with van der Waals surface area (Å²) in [5.74, 6) is 0. The largest absolute Gasteiger partial charge is 0.306 e. The summed E-state index contributed by atoms with van der Waals surface area (Å²) in [5, 5.41) is 14.3. The van der Waals surface area contributed by atoms with E-state index in [1.807, 2.05) is 31.3 Å². The van der Waals surface area contributed by atoms with E-state index in [9.17, 15) is 10.1 Å². The molecule has 104 valence electrons. The van der Waals surface area contributed by atoms with E-state index in [0.717, 1.165) is 11.1 Å². The molecule has 5 nitrogen and oxygen atoms in total. The van der Waals surface area contributed by atoms with Gasteiger partial charge in [0.25, 0.3) is 5.69 Å². The minimum absolute atomic E-state index is 0.141. The second-order valence-electron chi connectivity index (χ2n) is 4.71. The van der Waals surface area contributed by atoms with Crippen LogP contribution in [0.15, 0.2) is 42.7 Å². The van der Waals surface area contributed by atoms with Crippen LogP contribution in [0.2, 0.25) is 0 Å². The van der Waals surface area contributed by atoms with Crippen molar-refractivity contribution in [2.75, 3.05) is 0 Å². The number of nitrogens with one attached hydrogen (secondary N) is 1. The molecule has 0 aliphatic carbocycles. The average Bonchev–Trinajstić information content (AvgIpc) is 2.46. The Balaban J connectivity index is 2.08. The molecule has 1 aromatic carbocycles. The molecular formula is C15H17N3O2. The zero-order valence-electron chi connectivity index (χ0n) is 11.5. The van der Waals surface area contributed by atoms with Crippen molar-refractivity contribution in [2.45, 2.75) is 26.4 Å². The first-order valence-corrected chi connectivity index (χ1v) is 6.45. The van der Waals surface area contributed by atoms with Crippen LogP contribution in [0.3, 0.4) is 0 Å². The Hall–Kier alpha value is -2.27. The first kappa shape index (κ1) is 14.1. The van der Waals surface area contributed by atoms with Gasteiger partial charge in [0.15, 0.2) is 0 Å². The highest BCUT2D eigenvalue weighted by atomic mass is 16.6. The molecule has 0 spiro atoms. The maximum atomic E-state index is 10.9. The Bertz CT molecular complexity index is 599. The SMILES string of the molecule is Cc1c(CNC(C)c2cccnc2)cccc1[N+](=O)[O-]. The molecule has 0 saturated carbocycles. The quantitative estimate of drug-likeness (QED) is 0.670. The molecule has 0 amide bonds. The number of pyridine rings is 1. The van der Waals surface area contributed by atoms with Gasteiger partial charge in [-0.3, -0.25) is 15.1 Å². The van der Waals surface area contributed by atoms with E-state index < -0.39 is 0 Å². The highest BCUT2D eigenvalue weighted by molar-refractivity contribution is 5.44. The van der Waals surface area contributed by atoms with Gasteiger partial charge in [-0.15, -0.1) is 0 Å². The van der Waals surface area contributed by atoms with Crippen molar-refractivity contribution >= 4 is 5.69 Å². The first-order valence-electron chi connectivity index (χ1n) is 6.45. The van der Waals surface area contributed by atoms with Gasteiger partial charge in [0.1, 0.15) is 0 Å². The van der Waals surface area contributed by atoms with Gasteiger partial charge in [0, 0.05) is 36.6 Å². The highest BCUT2D eigenvalue weighted by Gasteiger charge is 2.13. The molecule has 0 aliphatic heterocycles. The number of aromatic nitrogens is 1. The number of rotatable bonds is 5. The molecule has 1 N–H and O–H groups in total. The summed E-state index contributed by atoms with van der Waals surface area (Å²) < 4.78 is 0. The molecule has 0 fully saturated rings. The Kier molecular flexibility index (Phi) is 4.42. The summed E-state index contributed by atoms with van der Waals surface area (Å²) in [6.45, 7) is 4.41. The third-order valence-corrected chi connectivity index (χ3v) is 3.40. The van der Waals surface area contributed by atoms with Gasteiger partial charge in [-0.2, -0.15) is 0 Å². The van der Waals surface area contributed by atoms with Gasteiger partial charge < -0.3 is 5.32 Å². The molecule has 1 heterocycles. The van der Waals surface area contributed by atoms with Crippen LogP contribution in [-0.4, -0.2) is 9.91 Å². The van der Waals surface area contributed by atoms with Crippen molar-refractivity contribution in [3.05, 3.63) is 69.5 Å². The van der Waals surface area contributed by atoms with Crippen molar-refractivity contribution in [2.24, 2.45) is 0 Å². The molecule has 5 heteroatoms. The van der Waals surface area contributed by atoms with Gasteiger partial charge in [-0.1, -0.05) is 18.2 Å². The molecule has 20 heavy (non-hydrogen) atoms. The zero-order valence-corrected chi connectivity index (χ0v) is 11.5. The Labute approximate surface area is 117 Å². The van der Waals surface area contributed by atoms with Crippen LogP contribution in [0.25, 0.3) is 0 Å². The fraction of sp³-hybridized carbons (Fsp3) is 0.267. The summed E-state index contributed by atoms with van der Waals surface area (Å²) in [4.78, 5) is 14.7. The van der Waals surface area contributed by atoms with Crippen LogP contribution in [0.5, 0.6) is 0 Å². The Morgan fingerprint density at radius 3 is 2.80 bits per heavy atom. The van der Waals surface area contributed by atoms with Crippen LogP contribution in [-0.2, 0) is 6.54 Å². The normalized spacial score (nSPS) is 12.1. The Morgan fingerprint density at radius 1 is 1.35 bits per heavy atom. The minimum atomic E-state index is -0.344. The van der Waals surface area contributed by atoms with Crippen molar-refractivity contribution in [3.63, 3.8) is 0 Å². The second-order valence-corrected chi connectivity index (χ2v) is 4.71. The molecule has 1 atom stereocenters. The molecule has 2 rings (SSSR count). The van der Waals surface area contributed by atoms with E-state index in [4.69, 9.17) is 0 Å². The maximum Gasteiger partial charge on any atom is 0.272 e. The third kappa shape index (κ3) is 3.19. The van der Waals surface area contributed by atoms with Crippen LogP contribution in [0, 0.1) is 17.0 Å². The van der Waals surface area contributed by atoms with Crippen molar-refractivity contribution in [1.82, 2.24) is 10.3 Å². The van der Waals surface area contributed by atoms with E-state index in [0.29, 0.717) is 12.1 Å². The minimum Gasteiger partial charge on any atom is -0.306 e. The average molecular weight is 271 g/mol. The lowest BCUT2D eigenvalue weighted by Crippen LogP contribution is -2.19. The summed E-state index contributed by atoms with van der Waals surface area (Å²) in [7, 11) is 0. The summed E-state index contributed by atoms with van der Waals surface area (Å²) in [6, 6.07) is 9.20. The Morgan fingerprint density at radius 2 is 2.15 bits per heavy atom. The molecule has 2 aromatic rings. The van der Waals surface area contributed by atoms with Crippen LogP contribution < -0.4 is 5.32 Å². The number of nitro benzene ring substituents is 1. The highest BCUT2D eigenvalue weighted by Crippen LogP contribution is 2.21. The summed E-state index contributed by atoms with van der Waals surface area (Å²) in [5.41, 5.74) is 2.91. The molecule has 1 aromatic heterocycles. The summed E-state index contributed by atoms with van der Waals surface area (Å²) in [6.07, 6.45) is 3.55. The molecule has 0 bridgehead atoms. The predicted molar refractivity (Wildman–Crippen MR) is 77.3 cm³/mol. The van der Waals surface area contributed by atoms with E-state index in [1.165, 1.54) is 6.07 Å². The van der Waals surface area contributed by atoms with Crippen molar-refractivity contribution < 1.29 is 4.92 Å². The molecule has 0 saturated heterocycles. The monoisotopic (exact) mass is 271 g/mol. The standard InChI is InChI=1S/C15H17N3O2/c1-11-13(5-3-7-15(11)18(19)20)10-17-12(2)14-6-4-8-16-9-14/h3-9,12,17H,10H2,1-2H3. The fourth-order valence-corrected chi connectivity index (χ4v) is 2.07. The predicted octanol–water partition coefficient (Wildman–Crippen LogP) is 3.15. The van der Waals surface area contributed by atoms with E-state index in [-0.39, 0.29) is 16.7 Å². The number of nitro groups is 1. The van der Waals surface area contributed by atoms with Gasteiger partial charge in [0.2, 0.25) is 0 Å². The van der Waals surface area contributed by atoms with Crippen molar-refractivity contribution in [1.29, 1.82) is 0 Å². The lowest BCUT2D eigenvalue weighted by atomic mass is 10.1. The number of hydrogen-bond acceptors (Lipinski definition) is 4. The zero-order chi connectivity index (χ0) is 14.5. The second kappa shape index (κ2) is 6.25. The number of nitrogens with zero attached hydrogens (tertiary/aromatic N) is 2. The van der Waals surface area contributed by atoms with Crippen molar-refractivity contribution in [3.8, 4) is 0 Å². The lowest BCUT2D eigenvalue weighted by molar-refractivity contribution is -0.385. The fourth-order valence-electron chi connectivity index (χ4n) is 2.07. The number of hydrogen-bond donors (Lipinski definition) is 1. The lowest BCUT2D eigenvalue weighted by Gasteiger charge is -2.15. The van der Waals surface area contributed by atoms with Gasteiger partial charge >= 0.3 is 0 Å². The maximum absolute atomic E-state index is 10.9. The third-order valence-electron chi connectivity index (χ3n) is 3.40. The van der Waals surface area contributed by atoms with Gasteiger partial charge in [-0.25, -0.2) is 0 Å². The molecule has 1 unspecified atom stereocenters. The van der Waals surface area contributed by atoms with Gasteiger partial charge in [-0.05, 0) is 31.0 Å². The first-order chi connectivity index (χ1) is 9.59.